The van der Waals surface area contributed by atoms with Gasteiger partial charge in [-0.3, -0.25) is 4.79 Å². The smallest absolute Gasteiger partial charge is 0.250 e. The summed E-state index contributed by atoms with van der Waals surface area (Å²) in [6, 6.07) is -0.952. The van der Waals surface area contributed by atoms with Gasteiger partial charge in [-0.25, -0.2) is 0 Å². The topological polar surface area (TPSA) is 298 Å². The number of nitrogens with one attached hydrogen (secondary N) is 2. The highest BCUT2D eigenvalue weighted by molar-refractivity contribution is 5.81. The molecule has 18 heteroatoms. The number of carbonyl (C=O) groups excluding carboxylic acids is 1. The minimum atomic E-state index is -1.30. The Kier molecular flexibility index (Phi) is 19.9. The number of nitrogens with two attached hydrogens (primary N) is 3. The lowest BCUT2D eigenvalue weighted by Gasteiger charge is -2.42. The van der Waals surface area contributed by atoms with E-state index in [-0.39, 0.29) is 26.0 Å². The van der Waals surface area contributed by atoms with Gasteiger partial charge in [0, 0.05) is 51.7 Å². The summed E-state index contributed by atoms with van der Waals surface area (Å²) in [7, 11) is 1.00. The Morgan fingerprint density at radius 1 is 1.05 bits per heavy atom. The maximum Gasteiger partial charge on any atom is 0.250 e. The zero-order valence-corrected chi connectivity index (χ0v) is 24.5. The largest absolute Gasteiger partial charge is 0.400 e. The molecule has 0 bridgehead atoms. The maximum absolute atomic E-state index is 11.8. The molecule has 17 nitrogen and oxygen atoms in total. The average Bonchev–Trinajstić information content (AvgIpc) is 2.97. The predicted octanol–water partition coefficient (Wildman–Crippen LogP) is -5.21. The highest BCUT2D eigenvalue weighted by atomic mass is 19.3. The molecule has 0 aromatic heterocycles. The van der Waals surface area contributed by atoms with Crippen LogP contribution in [-0.4, -0.2) is 155 Å². The fourth-order valence-corrected chi connectivity index (χ4v) is 4.84. The highest BCUT2D eigenvalue weighted by Crippen LogP contribution is 2.27. The number of halogens is 1. The molecule has 3 aliphatic rings. The summed E-state index contributed by atoms with van der Waals surface area (Å²) in [5.41, 5.74) is 16.9. The summed E-state index contributed by atoms with van der Waals surface area (Å²) >= 11 is 0. The van der Waals surface area contributed by atoms with Gasteiger partial charge in [-0.15, -0.1) is 0 Å². The average molecular weight is 634 g/mol. The number of amides is 1. The summed E-state index contributed by atoms with van der Waals surface area (Å²) in [5.74, 6) is -0.595. The van der Waals surface area contributed by atoms with E-state index in [9.17, 15) is 29.7 Å². The van der Waals surface area contributed by atoms with Crippen LogP contribution in [0.5, 0.6) is 0 Å². The maximum atomic E-state index is 11.8. The van der Waals surface area contributed by atoms with Gasteiger partial charge in [-0.05, 0) is 36.8 Å². The van der Waals surface area contributed by atoms with Crippen LogP contribution >= 0.6 is 0 Å². The first-order valence-corrected chi connectivity index (χ1v) is 14.4. The van der Waals surface area contributed by atoms with Crippen molar-refractivity contribution in [2.45, 2.75) is 112 Å². The molecule has 0 aromatic rings. The molecule has 9 unspecified atom stereocenters. The second kappa shape index (κ2) is 21.5. The summed E-state index contributed by atoms with van der Waals surface area (Å²) in [6.45, 7) is 0.883. The van der Waals surface area contributed by atoms with E-state index in [1.807, 2.05) is 0 Å². The number of aliphatic hydroxyl groups excluding tert-OH is 7. The molecule has 3 fully saturated rings. The van der Waals surface area contributed by atoms with Crippen molar-refractivity contribution >= 4 is 5.91 Å². The van der Waals surface area contributed by atoms with Crippen LogP contribution in [0.15, 0.2) is 0 Å². The Hall–Kier alpha value is -1.20. The lowest BCUT2D eigenvalue weighted by molar-refractivity contribution is -0.324. The summed E-state index contributed by atoms with van der Waals surface area (Å²) in [5, 5.41) is 70.4. The summed E-state index contributed by atoms with van der Waals surface area (Å²) in [4.78, 5) is 15.1. The van der Waals surface area contributed by atoms with Crippen LogP contribution in [0.3, 0.4) is 0 Å². The normalized spacial score (nSPS) is 35.8. The van der Waals surface area contributed by atoms with Gasteiger partial charge in [0.1, 0.15) is 18.3 Å². The number of hydrogen-bond acceptors (Lipinski definition) is 16. The Bertz CT molecular complexity index is 741. The van der Waals surface area contributed by atoms with E-state index in [1.54, 1.807) is 0 Å². The van der Waals surface area contributed by atoms with Crippen molar-refractivity contribution in [1.29, 1.82) is 0 Å². The van der Waals surface area contributed by atoms with Crippen LogP contribution in [0, 0.1) is 0 Å². The van der Waals surface area contributed by atoms with E-state index < -0.39 is 79.4 Å². The van der Waals surface area contributed by atoms with Gasteiger partial charge in [-0.1, -0.05) is 0 Å². The molecule has 15 N–H and O–H groups in total. The molecule has 0 aromatic carbocycles. The first kappa shape index (κ1) is 39.8. The number of aliphatic hydroxyl groups is 7. The van der Waals surface area contributed by atoms with Crippen molar-refractivity contribution in [2.75, 3.05) is 39.9 Å². The van der Waals surface area contributed by atoms with Crippen molar-refractivity contribution in [1.82, 2.24) is 10.6 Å². The van der Waals surface area contributed by atoms with Crippen molar-refractivity contribution in [2.24, 2.45) is 17.2 Å². The van der Waals surface area contributed by atoms with Crippen LogP contribution in [0.25, 0.3) is 0 Å². The Balaban J connectivity index is 0.000000644. The van der Waals surface area contributed by atoms with E-state index >= 15 is 0 Å². The zero-order chi connectivity index (χ0) is 32.5. The molecule has 1 saturated carbocycles. The summed E-state index contributed by atoms with van der Waals surface area (Å²) in [6.07, 6.45) is -6.26. The van der Waals surface area contributed by atoms with E-state index in [1.165, 1.54) is 0 Å². The van der Waals surface area contributed by atoms with Crippen molar-refractivity contribution in [3.05, 3.63) is 0 Å². The van der Waals surface area contributed by atoms with Gasteiger partial charge < -0.3 is 77.8 Å². The van der Waals surface area contributed by atoms with Crippen LogP contribution in [0.1, 0.15) is 38.5 Å². The number of rotatable bonds is 12. The minimum Gasteiger partial charge on any atom is -0.400 e. The first-order valence-electron chi connectivity index (χ1n) is 14.4. The lowest BCUT2D eigenvalue weighted by Crippen LogP contribution is -2.58. The molecule has 43 heavy (non-hydrogen) atoms. The van der Waals surface area contributed by atoms with Gasteiger partial charge in [0.05, 0.1) is 37.1 Å². The molecule has 3 rings (SSSR count). The van der Waals surface area contributed by atoms with E-state index in [0.29, 0.717) is 45.3 Å². The fourth-order valence-electron chi connectivity index (χ4n) is 4.84. The molecule has 2 saturated heterocycles. The van der Waals surface area contributed by atoms with Gasteiger partial charge in [-0.2, -0.15) is 4.94 Å². The number of hydrogen-bond donors (Lipinski definition) is 12. The molecule has 1 aliphatic carbocycles. The quantitative estimate of drug-likeness (QED) is 0.0955. The molecule has 0 spiro atoms. The molecule has 0 radical (unpaired) electrons. The molecule has 2 aliphatic heterocycles. The van der Waals surface area contributed by atoms with E-state index in [4.69, 9.17) is 42.0 Å². The second-order valence-corrected chi connectivity index (χ2v) is 10.6. The Morgan fingerprint density at radius 3 is 2.33 bits per heavy atom. The van der Waals surface area contributed by atoms with E-state index in [2.05, 4.69) is 20.3 Å². The molecule has 12 atom stereocenters. The van der Waals surface area contributed by atoms with Crippen molar-refractivity contribution in [3.63, 3.8) is 0 Å². The Labute approximate surface area is 250 Å². The molecule has 1 amide bonds. The third kappa shape index (κ3) is 14.2. The molecular formula is C25H52FN5O12. The molecular weight excluding hydrogens is 581 g/mol. The van der Waals surface area contributed by atoms with Crippen LogP contribution in [0.2, 0.25) is 0 Å². The molecule has 256 valence electrons. The highest BCUT2D eigenvalue weighted by Gasteiger charge is 2.40. The van der Waals surface area contributed by atoms with Gasteiger partial charge in [0.25, 0.3) is 0 Å². The predicted molar refractivity (Wildman–Crippen MR) is 148 cm³/mol. The minimum absolute atomic E-state index is 0.00560. The van der Waals surface area contributed by atoms with Crippen molar-refractivity contribution < 1.29 is 64.2 Å². The van der Waals surface area contributed by atoms with E-state index in [0.717, 1.165) is 7.11 Å². The number of ether oxygens (including phenoxy) is 3. The third-order valence-corrected chi connectivity index (χ3v) is 7.11. The van der Waals surface area contributed by atoms with Crippen molar-refractivity contribution in [3.8, 4) is 0 Å². The van der Waals surface area contributed by atoms with Gasteiger partial charge in [0.15, 0.2) is 6.29 Å². The Morgan fingerprint density at radius 2 is 1.74 bits per heavy atom. The lowest BCUT2D eigenvalue weighted by atomic mass is 9.86. The first-order chi connectivity index (χ1) is 20.5. The second-order valence-electron chi connectivity index (χ2n) is 10.6. The fraction of sp³-hybridized carbons (Fsp3) is 0.960. The monoisotopic (exact) mass is 633 g/mol. The van der Waals surface area contributed by atoms with Crippen LogP contribution in [-0.2, 0) is 23.9 Å². The van der Waals surface area contributed by atoms with Crippen LogP contribution < -0.4 is 27.8 Å². The van der Waals surface area contributed by atoms with Gasteiger partial charge >= 0.3 is 0 Å². The summed E-state index contributed by atoms with van der Waals surface area (Å²) < 4.78 is 27.7. The molecule has 2 heterocycles. The van der Waals surface area contributed by atoms with Crippen LogP contribution in [0.4, 0.5) is 4.53 Å². The standard InChI is InChI=1S/C19H39N5O7.C5H9FO4.CH4O/c20-4-3-11(25)8-23-9-16-13(26)1-2-17(30-16)31-18-12(22)5-10(6-14(18)27)24-19(29)15(28)7-21;6-10-5-4(8)1-3(7)2-9-5;1-2/h10-18,23,25-28H,1-9,20-22H2,(H,24,29);3-5,7-8H,1-2H2;2H,1H3/t10?,11?,12?,13-,14?,15?,16?,17+,18+;;/m0../s1. The van der Waals surface area contributed by atoms with Gasteiger partial charge in [0.2, 0.25) is 12.2 Å². The zero-order valence-electron chi connectivity index (χ0n) is 24.5. The number of carbonyl (C=O) groups is 1. The SMILES string of the molecule is CO.NCCC(O)CNCC1O[C@H](O[C@@H]2C(N)CC(NC(=O)C(O)CN)CC2O)CC[C@@H]1O.OC1COC(OF)C(O)C1. The third-order valence-electron chi connectivity index (χ3n) is 7.11.